The molecule has 0 spiro atoms. The lowest BCUT2D eigenvalue weighted by Gasteiger charge is -2.31. The van der Waals surface area contributed by atoms with E-state index in [0.29, 0.717) is 36.1 Å². The Kier molecular flexibility index (Phi) is 4.75. The molecule has 1 atom stereocenters. The molecule has 3 rings (SSSR count). The van der Waals surface area contributed by atoms with E-state index in [1.807, 2.05) is 0 Å². The number of likely N-dealkylation sites (tertiary alicyclic amines) is 1. The van der Waals surface area contributed by atoms with Crippen LogP contribution in [-0.2, 0) is 4.79 Å². The lowest BCUT2D eigenvalue weighted by atomic mass is 9.97. The molecule has 2 aromatic rings. The molecule has 0 aliphatic carbocycles. The van der Waals surface area contributed by atoms with Gasteiger partial charge in [0.25, 0.3) is 5.91 Å². The summed E-state index contributed by atoms with van der Waals surface area (Å²) in [6.07, 6.45) is 1.82. The van der Waals surface area contributed by atoms with Gasteiger partial charge in [0, 0.05) is 25.9 Å². The van der Waals surface area contributed by atoms with E-state index in [2.05, 4.69) is 16.2 Å². The van der Waals surface area contributed by atoms with Gasteiger partial charge in [0.1, 0.15) is 11.8 Å². The van der Waals surface area contributed by atoms with Crippen LogP contribution < -0.4 is 4.74 Å². The van der Waals surface area contributed by atoms with Gasteiger partial charge in [0.2, 0.25) is 5.89 Å². The third-order valence-corrected chi connectivity index (χ3v) is 4.04. The van der Waals surface area contributed by atoms with Crippen LogP contribution in [0.25, 0.3) is 0 Å². The van der Waals surface area contributed by atoms with Crippen LogP contribution in [0.1, 0.15) is 36.0 Å². The number of benzene rings is 1. The van der Waals surface area contributed by atoms with Gasteiger partial charge >= 0.3 is 0 Å². The van der Waals surface area contributed by atoms with Crippen molar-refractivity contribution in [3.63, 3.8) is 0 Å². The second-order valence-electron chi connectivity index (χ2n) is 5.75. The number of rotatable bonds is 4. The summed E-state index contributed by atoms with van der Waals surface area (Å²) in [6.45, 7) is 2.91. The molecule has 1 aromatic heterocycles. The van der Waals surface area contributed by atoms with Gasteiger partial charge in [-0.3, -0.25) is 4.79 Å². The predicted octanol–water partition coefficient (Wildman–Crippen LogP) is 2.03. The standard InChI is InChI=1S/C17H18N4O3/c1-12-19-17(20-24-12)14-6-4-8-21(10-14)16(22)11-23-15-7-3-2-5-13(15)9-18/h2-3,5,7,14H,4,6,8,10-11H2,1H3/t14-/m1/s1. The Morgan fingerprint density at radius 3 is 3.08 bits per heavy atom. The van der Waals surface area contributed by atoms with E-state index < -0.39 is 0 Å². The minimum atomic E-state index is -0.104. The molecular weight excluding hydrogens is 308 g/mol. The van der Waals surface area contributed by atoms with Crippen molar-refractivity contribution < 1.29 is 14.1 Å². The van der Waals surface area contributed by atoms with Gasteiger partial charge < -0.3 is 14.2 Å². The zero-order valence-corrected chi connectivity index (χ0v) is 13.4. The zero-order valence-electron chi connectivity index (χ0n) is 13.4. The summed E-state index contributed by atoms with van der Waals surface area (Å²) in [5, 5.41) is 13.0. The number of nitriles is 1. The lowest BCUT2D eigenvalue weighted by Crippen LogP contribution is -2.41. The highest BCUT2D eigenvalue weighted by Gasteiger charge is 2.28. The minimum Gasteiger partial charge on any atom is -0.482 e. The van der Waals surface area contributed by atoms with Crippen molar-refractivity contribution in [1.29, 1.82) is 5.26 Å². The topological polar surface area (TPSA) is 92.2 Å². The number of nitrogens with zero attached hydrogens (tertiary/aromatic N) is 4. The molecule has 0 unspecified atom stereocenters. The number of hydrogen-bond acceptors (Lipinski definition) is 6. The van der Waals surface area contributed by atoms with E-state index in [9.17, 15) is 4.79 Å². The highest BCUT2D eigenvalue weighted by atomic mass is 16.5. The first-order valence-corrected chi connectivity index (χ1v) is 7.87. The summed E-state index contributed by atoms with van der Waals surface area (Å²) in [6, 6.07) is 8.94. The monoisotopic (exact) mass is 326 g/mol. The molecule has 1 saturated heterocycles. The molecule has 1 fully saturated rings. The number of aromatic nitrogens is 2. The van der Waals surface area contributed by atoms with Gasteiger partial charge in [-0.1, -0.05) is 17.3 Å². The fourth-order valence-electron chi connectivity index (χ4n) is 2.81. The van der Waals surface area contributed by atoms with Crippen LogP contribution in [0, 0.1) is 18.3 Å². The Morgan fingerprint density at radius 1 is 1.50 bits per heavy atom. The first-order valence-electron chi connectivity index (χ1n) is 7.87. The normalized spacial score (nSPS) is 17.3. The second-order valence-corrected chi connectivity index (χ2v) is 5.75. The highest BCUT2D eigenvalue weighted by molar-refractivity contribution is 5.78. The van der Waals surface area contributed by atoms with Crippen LogP contribution in [0.15, 0.2) is 28.8 Å². The Morgan fingerprint density at radius 2 is 2.33 bits per heavy atom. The van der Waals surface area contributed by atoms with Crippen LogP contribution in [-0.4, -0.2) is 40.6 Å². The number of aryl methyl sites for hydroxylation is 1. The summed E-state index contributed by atoms with van der Waals surface area (Å²) < 4.78 is 10.5. The van der Waals surface area contributed by atoms with E-state index in [4.69, 9.17) is 14.5 Å². The molecule has 7 heteroatoms. The molecule has 1 amide bonds. The van der Waals surface area contributed by atoms with Gasteiger partial charge in [-0.15, -0.1) is 0 Å². The predicted molar refractivity (Wildman–Crippen MR) is 84.2 cm³/mol. The number of carbonyl (C=O) groups excluding carboxylic acids is 1. The molecule has 0 N–H and O–H groups in total. The number of piperidine rings is 1. The van der Waals surface area contributed by atoms with Gasteiger partial charge in [-0.2, -0.15) is 10.2 Å². The van der Waals surface area contributed by atoms with E-state index in [1.165, 1.54) is 0 Å². The highest BCUT2D eigenvalue weighted by Crippen LogP contribution is 2.25. The van der Waals surface area contributed by atoms with Crippen LogP contribution in [0.3, 0.4) is 0 Å². The molecule has 24 heavy (non-hydrogen) atoms. The maximum absolute atomic E-state index is 12.4. The van der Waals surface area contributed by atoms with Crippen molar-refractivity contribution in [1.82, 2.24) is 15.0 Å². The third-order valence-electron chi connectivity index (χ3n) is 4.04. The smallest absolute Gasteiger partial charge is 0.260 e. The fraction of sp³-hybridized carbons (Fsp3) is 0.412. The number of amides is 1. The molecule has 0 bridgehead atoms. The van der Waals surface area contributed by atoms with Gasteiger partial charge in [0.05, 0.1) is 5.56 Å². The van der Waals surface area contributed by atoms with E-state index in [-0.39, 0.29) is 18.4 Å². The molecule has 7 nitrogen and oxygen atoms in total. The molecular formula is C17H18N4O3. The van der Waals surface area contributed by atoms with Gasteiger partial charge in [-0.05, 0) is 25.0 Å². The van der Waals surface area contributed by atoms with Crippen molar-refractivity contribution in [3.05, 3.63) is 41.5 Å². The zero-order chi connectivity index (χ0) is 16.9. The summed E-state index contributed by atoms with van der Waals surface area (Å²) in [7, 11) is 0. The van der Waals surface area contributed by atoms with Crippen molar-refractivity contribution in [2.45, 2.75) is 25.7 Å². The maximum atomic E-state index is 12.4. The van der Waals surface area contributed by atoms with Crippen LogP contribution in [0.2, 0.25) is 0 Å². The summed E-state index contributed by atoms with van der Waals surface area (Å²) in [5.41, 5.74) is 0.420. The van der Waals surface area contributed by atoms with Gasteiger partial charge in [0.15, 0.2) is 12.4 Å². The average Bonchev–Trinajstić information content (AvgIpc) is 3.06. The van der Waals surface area contributed by atoms with E-state index in [0.717, 1.165) is 12.8 Å². The molecule has 2 heterocycles. The number of hydrogen-bond donors (Lipinski definition) is 0. The molecule has 1 aliphatic heterocycles. The molecule has 0 radical (unpaired) electrons. The number of ether oxygens (including phenoxy) is 1. The largest absolute Gasteiger partial charge is 0.482 e. The average molecular weight is 326 g/mol. The van der Waals surface area contributed by atoms with E-state index in [1.54, 1.807) is 36.1 Å². The summed E-state index contributed by atoms with van der Waals surface area (Å²) >= 11 is 0. The van der Waals surface area contributed by atoms with Crippen molar-refractivity contribution in [2.75, 3.05) is 19.7 Å². The lowest BCUT2D eigenvalue weighted by molar-refractivity contribution is -0.134. The van der Waals surface area contributed by atoms with Crippen molar-refractivity contribution in [2.24, 2.45) is 0 Å². The fourth-order valence-corrected chi connectivity index (χ4v) is 2.81. The van der Waals surface area contributed by atoms with Crippen molar-refractivity contribution >= 4 is 5.91 Å². The third kappa shape index (κ3) is 3.54. The van der Waals surface area contributed by atoms with Crippen molar-refractivity contribution in [3.8, 4) is 11.8 Å². The van der Waals surface area contributed by atoms with Crippen LogP contribution in [0.4, 0.5) is 0 Å². The Bertz CT molecular complexity index is 765. The Hall–Kier alpha value is -2.88. The molecule has 1 aliphatic rings. The van der Waals surface area contributed by atoms with E-state index >= 15 is 0 Å². The molecule has 0 saturated carbocycles. The summed E-state index contributed by atoms with van der Waals surface area (Å²) in [5.74, 6) is 1.60. The first kappa shape index (κ1) is 16.0. The van der Waals surface area contributed by atoms with Crippen LogP contribution >= 0.6 is 0 Å². The Labute approximate surface area is 139 Å². The summed E-state index contributed by atoms with van der Waals surface area (Å²) in [4.78, 5) is 18.4. The Balaban J connectivity index is 1.59. The first-order chi connectivity index (χ1) is 11.7. The molecule has 1 aromatic carbocycles. The number of carbonyl (C=O) groups is 1. The SMILES string of the molecule is Cc1nc([C@@H]2CCCN(C(=O)COc3ccccc3C#N)C2)no1. The van der Waals surface area contributed by atoms with Gasteiger partial charge in [-0.25, -0.2) is 0 Å². The second kappa shape index (κ2) is 7.13. The minimum absolute atomic E-state index is 0.0866. The quantitative estimate of drug-likeness (QED) is 0.853. The molecule has 124 valence electrons. The maximum Gasteiger partial charge on any atom is 0.260 e. The number of para-hydroxylation sites is 1. The van der Waals surface area contributed by atoms with Crippen LogP contribution in [0.5, 0.6) is 5.75 Å².